The Labute approximate surface area is 137 Å². The molecule has 0 saturated heterocycles. The number of hydrazone groups is 1. The molecule has 2 aromatic carbocycles. The maximum atomic E-state index is 11.8. The lowest BCUT2D eigenvalue weighted by atomic mass is 10.0. The average molecular weight is 310 g/mol. The molecule has 1 N–H and O–H groups in total. The predicted molar refractivity (Wildman–Crippen MR) is 93.0 cm³/mol. The van der Waals surface area contributed by atoms with Gasteiger partial charge in [-0.2, -0.15) is 5.10 Å². The first-order chi connectivity index (χ1) is 11.1. The number of carbonyl (C=O) groups is 1. The Morgan fingerprint density at radius 3 is 2.35 bits per heavy atom. The van der Waals surface area contributed by atoms with Gasteiger partial charge in [0.2, 0.25) is 5.91 Å². The Hall–Kier alpha value is -2.62. The van der Waals surface area contributed by atoms with Gasteiger partial charge in [0.25, 0.3) is 0 Å². The lowest BCUT2D eigenvalue weighted by Crippen LogP contribution is -2.19. The van der Waals surface area contributed by atoms with Gasteiger partial charge in [0.15, 0.2) is 0 Å². The molecule has 0 unspecified atom stereocenters. The number of amides is 1. The first-order valence-corrected chi connectivity index (χ1v) is 7.63. The van der Waals surface area contributed by atoms with Gasteiger partial charge in [0.05, 0.1) is 19.7 Å². The Morgan fingerprint density at radius 2 is 1.78 bits per heavy atom. The summed E-state index contributed by atoms with van der Waals surface area (Å²) in [5.74, 6) is 1.13. The second-order valence-electron chi connectivity index (χ2n) is 5.64. The highest BCUT2D eigenvalue weighted by Gasteiger charge is 2.02. The van der Waals surface area contributed by atoms with E-state index in [1.165, 1.54) is 5.56 Å². The maximum absolute atomic E-state index is 11.8. The highest BCUT2D eigenvalue weighted by atomic mass is 16.5. The standard InChI is InChI=1S/C19H22N2O2/c1-14(2)17-8-4-16(5-9-17)13-20-21-19(22)12-15-6-10-18(23-3)11-7-15/h4-11,13-14H,12H2,1-3H3,(H,21,22)/b20-13-. The zero-order chi connectivity index (χ0) is 16.7. The van der Waals surface area contributed by atoms with E-state index in [-0.39, 0.29) is 12.3 Å². The van der Waals surface area contributed by atoms with E-state index in [0.29, 0.717) is 5.92 Å². The van der Waals surface area contributed by atoms with Gasteiger partial charge in [0.1, 0.15) is 5.75 Å². The first-order valence-electron chi connectivity index (χ1n) is 7.63. The molecule has 0 aromatic heterocycles. The molecule has 120 valence electrons. The molecule has 0 heterocycles. The monoisotopic (exact) mass is 310 g/mol. The molecule has 0 aliphatic carbocycles. The first kappa shape index (κ1) is 16.7. The fourth-order valence-corrected chi connectivity index (χ4v) is 2.11. The van der Waals surface area contributed by atoms with Crippen molar-refractivity contribution in [2.45, 2.75) is 26.2 Å². The van der Waals surface area contributed by atoms with Crippen LogP contribution in [0.25, 0.3) is 0 Å². The van der Waals surface area contributed by atoms with Crippen molar-refractivity contribution in [1.29, 1.82) is 0 Å². The van der Waals surface area contributed by atoms with Gasteiger partial charge in [0, 0.05) is 0 Å². The summed E-state index contributed by atoms with van der Waals surface area (Å²) in [6.45, 7) is 4.31. The Morgan fingerprint density at radius 1 is 1.13 bits per heavy atom. The molecular formula is C19H22N2O2. The van der Waals surface area contributed by atoms with Gasteiger partial charge < -0.3 is 4.74 Å². The molecule has 1 amide bonds. The van der Waals surface area contributed by atoms with Crippen LogP contribution in [-0.4, -0.2) is 19.2 Å². The Bertz CT molecular complexity index is 659. The molecule has 4 heteroatoms. The molecule has 0 aliphatic rings. The van der Waals surface area contributed by atoms with Crippen molar-refractivity contribution < 1.29 is 9.53 Å². The molecule has 0 bridgehead atoms. The molecule has 0 fully saturated rings. The zero-order valence-electron chi connectivity index (χ0n) is 13.7. The highest BCUT2D eigenvalue weighted by Crippen LogP contribution is 2.14. The van der Waals surface area contributed by atoms with Crippen molar-refractivity contribution in [3.8, 4) is 5.75 Å². The molecule has 0 aliphatic heterocycles. The lowest BCUT2D eigenvalue weighted by Gasteiger charge is -2.04. The minimum atomic E-state index is -0.148. The summed E-state index contributed by atoms with van der Waals surface area (Å²) in [5.41, 5.74) is 5.70. The number of nitrogens with zero attached hydrogens (tertiary/aromatic N) is 1. The third-order valence-corrected chi connectivity index (χ3v) is 3.53. The molecule has 0 spiro atoms. The van der Waals surface area contributed by atoms with Crippen LogP contribution in [0.3, 0.4) is 0 Å². The van der Waals surface area contributed by atoms with Crippen LogP contribution >= 0.6 is 0 Å². The van der Waals surface area contributed by atoms with Crippen molar-refractivity contribution in [3.05, 3.63) is 65.2 Å². The summed E-state index contributed by atoms with van der Waals surface area (Å²) < 4.78 is 5.09. The number of rotatable bonds is 6. The number of benzene rings is 2. The van der Waals surface area contributed by atoms with Crippen LogP contribution in [0.15, 0.2) is 53.6 Å². The van der Waals surface area contributed by atoms with Crippen molar-refractivity contribution in [2.75, 3.05) is 7.11 Å². The molecule has 0 atom stereocenters. The van der Waals surface area contributed by atoms with Crippen LogP contribution in [-0.2, 0) is 11.2 Å². The molecule has 2 aromatic rings. The summed E-state index contributed by atoms with van der Waals surface area (Å²) >= 11 is 0. The topological polar surface area (TPSA) is 50.7 Å². The Balaban J connectivity index is 1.85. The third-order valence-electron chi connectivity index (χ3n) is 3.53. The van der Waals surface area contributed by atoms with Crippen molar-refractivity contribution in [1.82, 2.24) is 5.43 Å². The SMILES string of the molecule is COc1ccc(CC(=O)N/N=C\c2ccc(C(C)C)cc2)cc1. The van der Waals surface area contributed by atoms with E-state index in [4.69, 9.17) is 4.74 Å². The van der Waals surface area contributed by atoms with Gasteiger partial charge in [-0.05, 0) is 34.7 Å². The number of hydrogen-bond donors (Lipinski definition) is 1. The minimum Gasteiger partial charge on any atom is -0.497 e. The average Bonchev–Trinajstić information content (AvgIpc) is 2.56. The zero-order valence-corrected chi connectivity index (χ0v) is 13.7. The van der Waals surface area contributed by atoms with Gasteiger partial charge in [-0.25, -0.2) is 5.43 Å². The fourth-order valence-electron chi connectivity index (χ4n) is 2.11. The summed E-state index contributed by atoms with van der Waals surface area (Å²) in [7, 11) is 1.62. The van der Waals surface area contributed by atoms with Crippen LogP contribution < -0.4 is 10.2 Å². The van der Waals surface area contributed by atoms with Crippen LogP contribution in [0.1, 0.15) is 36.5 Å². The summed E-state index contributed by atoms with van der Waals surface area (Å²) in [6.07, 6.45) is 1.93. The number of methoxy groups -OCH3 is 1. The molecular weight excluding hydrogens is 288 g/mol. The van der Waals surface area contributed by atoms with Crippen LogP contribution in [0.5, 0.6) is 5.75 Å². The van der Waals surface area contributed by atoms with Crippen LogP contribution in [0.2, 0.25) is 0 Å². The number of hydrogen-bond acceptors (Lipinski definition) is 3. The van der Waals surface area contributed by atoms with Crippen molar-refractivity contribution in [2.24, 2.45) is 5.10 Å². The van der Waals surface area contributed by atoms with Gasteiger partial charge >= 0.3 is 0 Å². The second-order valence-corrected chi connectivity index (χ2v) is 5.64. The van der Waals surface area contributed by atoms with Gasteiger partial charge in [-0.1, -0.05) is 50.2 Å². The van der Waals surface area contributed by atoms with E-state index in [1.807, 2.05) is 36.4 Å². The van der Waals surface area contributed by atoms with E-state index in [2.05, 4.69) is 36.5 Å². The smallest absolute Gasteiger partial charge is 0.244 e. The molecule has 0 radical (unpaired) electrons. The minimum absolute atomic E-state index is 0.148. The third kappa shape index (κ3) is 5.25. The van der Waals surface area contributed by atoms with E-state index in [1.54, 1.807) is 13.3 Å². The predicted octanol–water partition coefficient (Wildman–Crippen LogP) is 3.51. The summed E-state index contributed by atoms with van der Waals surface area (Å²) in [5, 5.41) is 4.00. The second kappa shape index (κ2) is 8.13. The van der Waals surface area contributed by atoms with E-state index >= 15 is 0 Å². The quantitative estimate of drug-likeness (QED) is 0.655. The molecule has 0 saturated carbocycles. The summed E-state index contributed by atoms with van der Waals surface area (Å²) in [4.78, 5) is 11.8. The normalized spacial score (nSPS) is 11.0. The van der Waals surface area contributed by atoms with Crippen molar-refractivity contribution in [3.63, 3.8) is 0 Å². The van der Waals surface area contributed by atoms with Gasteiger partial charge in [-0.15, -0.1) is 0 Å². The lowest BCUT2D eigenvalue weighted by molar-refractivity contribution is -0.120. The van der Waals surface area contributed by atoms with E-state index in [9.17, 15) is 4.79 Å². The van der Waals surface area contributed by atoms with Crippen LogP contribution in [0, 0.1) is 0 Å². The largest absolute Gasteiger partial charge is 0.497 e. The molecule has 23 heavy (non-hydrogen) atoms. The Kier molecular flexibility index (Phi) is 5.92. The van der Waals surface area contributed by atoms with Crippen LogP contribution in [0.4, 0.5) is 0 Å². The fraction of sp³-hybridized carbons (Fsp3) is 0.263. The molecule has 2 rings (SSSR count). The van der Waals surface area contributed by atoms with Crippen molar-refractivity contribution >= 4 is 12.1 Å². The van der Waals surface area contributed by atoms with Gasteiger partial charge in [-0.3, -0.25) is 4.79 Å². The van der Waals surface area contributed by atoms with E-state index in [0.717, 1.165) is 16.9 Å². The van der Waals surface area contributed by atoms with E-state index < -0.39 is 0 Å². The molecule has 4 nitrogen and oxygen atoms in total. The number of carbonyl (C=O) groups excluding carboxylic acids is 1. The number of ether oxygens (including phenoxy) is 1. The highest BCUT2D eigenvalue weighted by molar-refractivity contribution is 5.83. The summed E-state index contributed by atoms with van der Waals surface area (Å²) in [6, 6.07) is 15.5. The maximum Gasteiger partial charge on any atom is 0.244 e. The number of nitrogens with one attached hydrogen (secondary N) is 1.